The van der Waals surface area contributed by atoms with Crippen LogP contribution in [0.25, 0.3) is 10.2 Å². The number of aliphatic imine (C=N–C) groups is 1. The zero-order chi connectivity index (χ0) is 18.0. The molecule has 0 unspecified atom stereocenters. The Morgan fingerprint density at radius 3 is 2.84 bits per heavy atom. The number of thiophene rings is 1. The minimum atomic E-state index is -1.22. The number of methoxy groups -OCH3 is 1. The Bertz CT molecular complexity index is 1030. The summed E-state index contributed by atoms with van der Waals surface area (Å²) >= 11 is 1.40. The summed E-state index contributed by atoms with van der Waals surface area (Å²) in [6, 6.07) is 9.05. The van der Waals surface area contributed by atoms with Crippen molar-refractivity contribution in [2.45, 2.75) is 13.5 Å². The van der Waals surface area contributed by atoms with Gasteiger partial charge in [-0.15, -0.1) is 11.3 Å². The van der Waals surface area contributed by atoms with Crippen molar-refractivity contribution < 1.29 is 14.6 Å². The van der Waals surface area contributed by atoms with Gasteiger partial charge in [-0.05, 0) is 25.1 Å². The number of nitrogens with zero attached hydrogens (tertiary/aromatic N) is 2. The van der Waals surface area contributed by atoms with Gasteiger partial charge in [-0.25, -0.2) is 4.79 Å². The molecule has 0 aliphatic rings. The summed E-state index contributed by atoms with van der Waals surface area (Å²) in [6.45, 7) is 2.47. The van der Waals surface area contributed by atoms with E-state index in [1.807, 2.05) is 31.2 Å². The zero-order valence-electron chi connectivity index (χ0n) is 13.7. The summed E-state index contributed by atoms with van der Waals surface area (Å²) < 4.78 is 7.03. The Kier molecular flexibility index (Phi) is 4.67. The van der Waals surface area contributed by atoms with Gasteiger partial charge in [0.25, 0.3) is 0 Å². The number of fused-ring (bicyclic) bond motifs is 1. The zero-order valence-corrected chi connectivity index (χ0v) is 14.5. The number of hydrogen-bond acceptors (Lipinski definition) is 5. The normalized spacial score (nSPS) is 11.3. The highest BCUT2D eigenvalue weighted by Gasteiger charge is 2.16. The molecule has 0 atom stereocenters. The van der Waals surface area contributed by atoms with Crippen molar-refractivity contribution in [3.63, 3.8) is 0 Å². The molecule has 0 radical (unpaired) electrons. The highest BCUT2D eigenvalue weighted by atomic mass is 32.1. The number of carbonyl (C=O) groups is 1. The number of benzene rings is 1. The van der Waals surface area contributed by atoms with Gasteiger partial charge < -0.3 is 14.4 Å². The van der Waals surface area contributed by atoms with Gasteiger partial charge >= 0.3 is 5.97 Å². The van der Waals surface area contributed by atoms with E-state index in [0.717, 1.165) is 9.71 Å². The molecule has 6 nitrogen and oxygen atoms in total. The molecule has 3 rings (SSSR count). The number of aromatic nitrogens is 1. The Balaban J connectivity index is 2.10. The van der Waals surface area contributed by atoms with Crippen LogP contribution >= 0.6 is 11.3 Å². The minimum absolute atomic E-state index is 0.222. The number of carboxylic acids is 1. The SMILES string of the molecule is CCn1cc(C(=O)O)c(=O)c2cc(C=Nc3ccccc3OC)sc21. The van der Waals surface area contributed by atoms with Crippen LogP contribution in [0.3, 0.4) is 0 Å². The number of para-hydroxylation sites is 2. The summed E-state index contributed by atoms with van der Waals surface area (Å²) in [5.41, 5.74) is -0.0137. The van der Waals surface area contributed by atoms with Gasteiger partial charge in [0, 0.05) is 23.8 Å². The van der Waals surface area contributed by atoms with E-state index in [-0.39, 0.29) is 5.56 Å². The van der Waals surface area contributed by atoms with Crippen LogP contribution in [-0.2, 0) is 6.54 Å². The molecule has 0 spiro atoms. The molecule has 2 heterocycles. The van der Waals surface area contributed by atoms with Crippen molar-refractivity contribution in [3.8, 4) is 5.75 Å². The first-order chi connectivity index (χ1) is 12.0. The molecular weight excluding hydrogens is 340 g/mol. The van der Waals surface area contributed by atoms with Crippen LogP contribution in [0.1, 0.15) is 22.2 Å². The molecule has 0 saturated heterocycles. The standard InChI is InChI=1S/C18H16N2O4S/c1-3-20-10-13(18(22)23)16(21)12-8-11(25-17(12)20)9-19-14-6-4-5-7-15(14)24-2/h4-10H,3H2,1-2H3,(H,22,23). The molecule has 0 aliphatic heterocycles. The largest absolute Gasteiger partial charge is 0.494 e. The first-order valence-corrected chi connectivity index (χ1v) is 8.44. The first-order valence-electron chi connectivity index (χ1n) is 7.62. The molecule has 3 aromatic rings. The lowest BCUT2D eigenvalue weighted by atomic mass is 10.2. The van der Waals surface area contributed by atoms with E-state index < -0.39 is 11.4 Å². The van der Waals surface area contributed by atoms with Crippen molar-refractivity contribution >= 4 is 39.4 Å². The lowest BCUT2D eigenvalue weighted by molar-refractivity contribution is 0.0695. The van der Waals surface area contributed by atoms with Crippen LogP contribution in [0.2, 0.25) is 0 Å². The second-order valence-electron chi connectivity index (χ2n) is 5.26. The summed E-state index contributed by atoms with van der Waals surface area (Å²) in [5.74, 6) is -0.564. The van der Waals surface area contributed by atoms with Crippen LogP contribution in [-0.4, -0.2) is 29.0 Å². The predicted molar refractivity (Wildman–Crippen MR) is 99.0 cm³/mol. The number of pyridine rings is 1. The van der Waals surface area contributed by atoms with E-state index in [1.165, 1.54) is 17.5 Å². The van der Waals surface area contributed by atoms with Gasteiger partial charge in [0.2, 0.25) is 5.43 Å². The van der Waals surface area contributed by atoms with Crippen LogP contribution in [0.5, 0.6) is 5.75 Å². The molecule has 1 aromatic carbocycles. The highest BCUT2D eigenvalue weighted by molar-refractivity contribution is 7.20. The lowest BCUT2D eigenvalue weighted by Crippen LogP contribution is -2.17. The van der Waals surface area contributed by atoms with Crippen molar-refractivity contribution in [2.75, 3.05) is 7.11 Å². The fourth-order valence-electron chi connectivity index (χ4n) is 2.51. The lowest BCUT2D eigenvalue weighted by Gasteiger charge is -2.05. The third-order valence-corrected chi connectivity index (χ3v) is 4.86. The second kappa shape index (κ2) is 6.90. The molecule has 0 amide bonds. The topological polar surface area (TPSA) is 80.9 Å². The third-order valence-electron chi connectivity index (χ3n) is 3.75. The molecule has 0 saturated carbocycles. The minimum Gasteiger partial charge on any atom is -0.494 e. The quantitative estimate of drug-likeness (QED) is 0.709. The van der Waals surface area contributed by atoms with Crippen LogP contribution in [0.4, 0.5) is 5.69 Å². The Hall–Kier alpha value is -2.93. The number of aryl methyl sites for hydroxylation is 1. The van der Waals surface area contributed by atoms with Crippen molar-refractivity contribution in [1.82, 2.24) is 4.57 Å². The van der Waals surface area contributed by atoms with Crippen LogP contribution < -0.4 is 10.2 Å². The average molecular weight is 356 g/mol. The monoisotopic (exact) mass is 356 g/mol. The Labute approximate surface area is 147 Å². The van der Waals surface area contributed by atoms with Gasteiger partial charge in [-0.2, -0.15) is 0 Å². The maximum atomic E-state index is 12.4. The summed E-state index contributed by atoms with van der Waals surface area (Å²) in [5, 5.41) is 9.61. The molecule has 0 bridgehead atoms. The van der Waals surface area contributed by atoms with Gasteiger partial charge in [-0.1, -0.05) is 12.1 Å². The summed E-state index contributed by atoms with van der Waals surface area (Å²) in [7, 11) is 1.58. The molecule has 25 heavy (non-hydrogen) atoms. The second-order valence-corrected chi connectivity index (χ2v) is 6.32. The number of carboxylic acid groups (broad SMARTS) is 1. The summed E-state index contributed by atoms with van der Waals surface area (Å²) in [4.78, 5) is 29.6. The van der Waals surface area contributed by atoms with Gasteiger partial charge in [0.15, 0.2) is 0 Å². The first kappa shape index (κ1) is 16.9. The van der Waals surface area contributed by atoms with Gasteiger partial charge in [-0.3, -0.25) is 9.79 Å². The van der Waals surface area contributed by atoms with Gasteiger partial charge in [0.05, 0.1) is 12.5 Å². The number of hydrogen-bond donors (Lipinski definition) is 1. The highest BCUT2D eigenvalue weighted by Crippen LogP contribution is 2.28. The van der Waals surface area contributed by atoms with E-state index in [1.54, 1.807) is 24.0 Å². The van der Waals surface area contributed by atoms with Crippen LogP contribution in [0.15, 0.2) is 46.3 Å². The average Bonchev–Trinajstić information content (AvgIpc) is 3.05. The van der Waals surface area contributed by atoms with E-state index in [4.69, 9.17) is 4.74 Å². The van der Waals surface area contributed by atoms with Crippen molar-refractivity contribution in [1.29, 1.82) is 0 Å². The number of aromatic carboxylic acids is 1. The maximum Gasteiger partial charge on any atom is 0.341 e. The van der Waals surface area contributed by atoms with Gasteiger partial charge in [0.1, 0.15) is 21.8 Å². The van der Waals surface area contributed by atoms with Crippen molar-refractivity contribution in [3.05, 3.63) is 57.2 Å². The van der Waals surface area contributed by atoms with E-state index in [9.17, 15) is 14.7 Å². The fraction of sp³-hybridized carbons (Fsp3) is 0.167. The molecule has 0 aliphatic carbocycles. The van der Waals surface area contributed by atoms with Crippen LogP contribution in [0, 0.1) is 0 Å². The van der Waals surface area contributed by atoms with E-state index >= 15 is 0 Å². The summed E-state index contributed by atoms with van der Waals surface area (Å²) in [6.07, 6.45) is 3.05. The fourth-order valence-corrected chi connectivity index (χ4v) is 3.58. The Morgan fingerprint density at radius 1 is 1.40 bits per heavy atom. The number of ether oxygens (including phenoxy) is 1. The number of rotatable bonds is 5. The predicted octanol–water partition coefficient (Wildman–Crippen LogP) is 3.54. The van der Waals surface area contributed by atoms with Crippen molar-refractivity contribution in [2.24, 2.45) is 4.99 Å². The molecule has 7 heteroatoms. The van der Waals surface area contributed by atoms with E-state index in [2.05, 4.69) is 4.99 Å². The third kappa shape index (κ3) is 3.18. The molecular formula is C18H16N2O4S. The molecule has 1 N–H and O–H groups in total. The smallest absolute Gasteiger partial charge is 0.341 e. The molecule has 128 valence electrons. The molecule has 2 aromatic heterocycles. The van der Waals surface area contributed by atoms with E-state index in [0.29, 0.717) is 23.4 Å². The molecule has 0 fully saturated rings. The maximum absolute atomic E-state index is 12.4. The Morgan fingerprint density at radius 2 is 2.16 bits per heavy atom.